The van der Waals surface area contributed by atoms with E-state index in [1.165, 1.54) is 57.6 Å². The van der Waals surface area contributed by atoms with Gasteiger partial charge in [-0.2, -0.15) is 0 Å². The van der Waals surface area contributed by atoms with Gasteiger partial charge in [0.1, 0.15) is 0 Å². The minimum absolute atomic E-state index is 0.0515. The van der Waals surface area contributed by atoms with E-state index in [1.807, 2.05) is 4.90 Å². The maximum atomic E-state index is 13.4. The molecule has 0 bridgehead atoms. The van der Waals surface area contributed by atoms with Crippen molar-refractivity contribution in [2.45, 2.75) is 76.3 Å². The summed E-state index contributed by atoms with van der Waals surface area (Å²) in [4.78, 5) is 29.9. The zero-order chi connectivity index (χ0) is 17.9. The van der Waals surface area contributed by atoms with E-state index in [9.17, 15) is 9.59 Å². The molecule has 0 aromatic carbocycles. The minimum atomic E-state index is -0.0515. The van der Waals surface area contributed by atoms with Crippen molar-refractivity contribution < 1.29 is 14.0 Å². The van der Waals surface area contributed by atoms with Gasteiger partial charge in [0.15, 0.2) is 5.76 Å². The molecule has 2 saturated carbocycles. The zero-order valence-electron chi connectivity index (χ0n) is 15.6. The van der Waals surface area contributed by atoms with Gasteiger partial charge in [0.05, 0.1) is 6.26 Å². The van der Waals surface area contributed by atoms with Gasteiger partial charge in [0.25, 0.3) is 5.91 Å². The molecule has 1 aliphatic heterocycles. The van der Waals surface area contributed by atoms with Crippen molar-refractivity contribution >= 4 is 11.8 Å². The molecule has 2 heterocycles. The molecule has 26 heavy (non-hydrogen) atoms. The Kier molecular flexibility index (Phi) is 5.32. The van der Waals surface area contributed by atoms with Crippen molar-refractivity contribution in [3.8, 4) is 0 Å². The third-order valence-corrected chi connectivity index (χ3v) is 6.55. The van der Waals surface area contributed by atoms with Crippen LogP contribution in [0.25, 0.3) is 0 Å². The minimum Gasteiger partial charge on any atom is -0.459 e. The highest BCUT2D eigenvalue weighted by atomic mass is 16.3. The second-order valence-corrected chi connectivity index (χ2v) is 8.17. The number of piperidine rings is 1. The standard InChI is InChI=1S/C21H30N2O3/c24-20(23(17-6-1-2-7-17)18-8-3-4-9-18)16-11-13-22(14-12-16)21(25)19-10-5-15-26-19/h5,10,15-18H,1-4,6-9,11-14H2. The molecule has 2 amide bonds. The van der Waals surface area contributed by atoms with Gasteiger partial charge in [-0.05, 0) is 50.7 Å². The van der Waals surface area contributed by atoms with Crippen molar-refractivity contribution in [2.24, 2.45) is 5.92 Å². The van der Waals surface area contributed by atoms with E-state index in [0.29, 0.717) is 36.8 Å². The number of hydrogen-bond donors (Lipinski definition) is 0. The van der Waals surface area contributed by atoms with Crippen LogP contribution in [0.15, 0.2) is 22.8 Å². The molecule has 5 heteroatoms. The third-order valence-electron chi connectivity index (χ3n) is 6.55. The van der Waals surface area contributed by atoms with Crippen LogP contribution in [0.3, 0.4) is 0 Å². The van der Waals surface area contributed by atoms with E-state index in [0.717, 1.165) is 12.8 Å². The lowest BCUT2D eigenvalue weighted by Crippen LogP contribution is -2.50. The van der Waals surface area contributed by atoms with Crippen LogP contribution in [0, 0.1) is 5.92 Å². The summed E-state index contributed by atoms with van der Waals surface area (Å²) in [7, 11) is 0. The smallest absolute Gasteiger partial charge is 0.289 e. The van der Waals surface area contributed by atoms with Crippen molar-refractivity contribution in [1.29, 1.82) is 0 Å². The number of rotatable bonds is 4. The van der Waals surface area contributed by atoms with Gasteiger partial charge < -0.3 is 14.2 Å². The van der Waals surface area contributed by atoms with Gasteiger partial charge in [-0.3, -0.25) is 9.59 Å². The van der Waals surface area contributed by atoms with Gasteiger partial charge >= 0.3 is 0 Å². The predicted octanol–water partition coefficient (Wildman–Crippen LogP) is 3.85. The molecule has 0 atom stereocenters. The van der Waals surface area contributed by atoms with Gasteiger partial charge in [0.2, 0.25) is 5.91 Å². The van der Waals surface area contributed by atoms with Gasteiger partial charge in [-0.1, -0.05) is 25.7 Å². The van der Waals surface area contributed by atoms with Gasteiger partial charge in [-0.25, -0.2) is 0 Å². The molecule has 1 aromatic rings. The predicted molar refractivity (Wildman–Crippen MR) is 98.7 cm³/mol. The number of nitrogens with zero attached hydrogens (tertiary/aromatic N) is 2. The topological polar surface area (TPSA) is 53.8 Å². The van der Waals surface area contributed by atoms with Crippen molar-refractivity contribution in [3.05, 3.63) is 24.2 Å². The Bertz CT molecular complexity index is 591. The molecule has 1 saturated heterocycles. The molecule has 2 aliphatic carbocycles. The fourth-order valence-electron chi connectivity index (χ4n) is 5.12. The molecule has 4 rings (SSSR count). The molecule has 0 N–H and O–H groups in total. The Morgan fingerprint density at radius 2 is 1.50 bits per heavy atom. The lowest BCUT2D eigenvalue weighted by molar-refractivity contribution is -0.142. The highest BCUT2D eigenvalue weighted by Gasteiger charge is 2.38. The van der Waals surface area contributed by atoms with Gasteiger partial charge in [0, 0.05) is 31.1 Å². The highest BCUT2D eigenvalue weighted by molar-refractivity contribution is 5.91. The summed E-state index contributed by atoms with van der Waals surface area (Å²) in [5.74, 6) is 0.795. The summed E-state index contributed by atoms with van der Waals surface area (Å²) in [6, 6.07) is 4.38. The Labute approximate surface area is 155 Å². The molecule has 3 aliphatic rings. The van der Waals surface area contributed by atoms with Crippen LogP contribution in [0.2, 0.25) is 0 Å². The highest BCUT2D eigenvalue weighted by Crippen LogP contribution is 2.34. The molecule has 3 fully saturated rings. The van der Waals surface area contributed by atoms with Gasteiger partial charge in [-0.15, -0.1) is 0 Å². The molecule has 0 radical (unpaired) electrons. The monoisotopic (exact) mass is 358 g/mol. The van der Waals surface area contributed by atoms with Crippen molar-refractivity contribution in [3.63, 3.8) is 0 Å². The number of amides is 2. The fraction of sp³-hybridized carbons (Fsp3) is 0.714. The van der Waals surface area contributed by atoms with Crippen LogP contribution in [0.4, 0.5) is 0 Å². The number of hydrogen-bond acceptors (Lipinski definition) is 3. The first kappa shape index (κ1) is 17.6. The van der Waals surface area contributed by atoms with E-state index in [-0.39, 0.29) is 11.8 Å². The normalized spacial score (nSPS) is 22.8. The van der Waals surface area contributed by atoms with Crippen LogP contribution < -0.4 is 0 Å². The molecule has 0 spiro atoms. The lowest BCUT2D eigenvalue weighted by atomic mass is 9.93. The maximum Gasteiger partial charge on any atom is 0.289 e. The van der Waals surface area contributed by atoms with Crippen LogP contribution in [0.5, 0.6) is 0 Å². The first-order chi connectivity index (χ1) is 12.7. The van der Waals surface area contributed by atoms with E-state index in [1.54, 1.807) is 12.1 Å². The quantitative estimate of drug-likeness (QED) is 0.821. The summed E-state index contributed by atoms with van der Waals surface area (Å²) in [5.41, 5.74) is 0. The number of likely N-dealkylation sites (tertiary alicyclic amines) is 1. The summed E-state index contributed by atoms with van der Waals surface area (Å²) in [5, 5.41) is 0. The fourth-order valence-corrected chi connectivity index (χ4v) is 5.12. The summed E-state index contributed by atoms with van der Waals surface area (Å²) < 4.78 is 5.23. The van der Waals surface area contributed by atoms with Crippen molar-refractivity contribution in [2.75, 3.05) is 13.1 Å². The largest absolute Gasteiger partial charge is 0.459 e. The Balaban J connectivity index is 1.39. The number of carbonyl (C=O) groups excluding carboxylic acids is 2. The number of carbonyl (C=O) groups is 2. The van der Waals surface area contributed by atoms with E-state index in [2.05, 4.69) is 4.90 Å². The van der Waals surface area contributed by atoms with E-state index >= 15 is 0 Å². The Morgan fingerprint density at radius 3 is 2.00 bits per heavy atom. The molecule has 1 aromatic heterocycles. The average Bonchev–Trinajstić information content (AvgIpc) is 3.44. The first-order valence-corrected chi connectivity index (χ1v) is 10.4. The summed E-state index contributed by atoms with van der Waals surface area (Å²) in [6.07, 6.45) is 12.8. The third kappa shape index (κ3) is 3.53. The van der Waals surface area contributed by atoms with E-state index < -0.39 is 0 Å². The molecule has 0 unspecified atom stereocenters. The van der Waals surface area contributed by atoms with Crippen LogP contribution >= 0.6 is 0 Å². The van der Waals surface area contributed by atoms with Crippen LogP contribution in [-0.2, 0) is 4.79 Å². The average molecular weight is 358 g/mol. The first-order valence-electron chi connectivity index (χ1n) is 10.4. The summed E-state index contributed by atoms with van der Waals surface area (Å²) in [6.45, 7) is 1.30. The second kappa shape index (κ2) is 7.85. The Hall–Kier alpha value is -1.78. The number of furan rings is 1. The SMILES string of the molecule is O=C(c1ccco1)N1CCC(C(=O)N(C2CCCC2)C2CCCC2)CC1. The summed E-state index contributed by atoms with van der Waals surface area (Å²) >= 11 is 0. The zero-order valence-corrected chi connectivity index (χ0v) is 15.6. The molecule has 142 valence electrons. The Morgan fingerprint density at radius 1 is 0.923 bits per heavy atom. The lowest BCUT2D eigenvalue weighted by Gasteiger charge is -2.39. The maximum absolute atomic E-state index is 13.4. The van der Waals surface area contributed by atoms with E-state index in [4.69, 9.17) is 4.42 Å². The molecular weight excluding hydrogens is 328 g/mol. The van der Waals surface area contributed by atoms with Crippen molar-refractivity contribution in [1.82, 2.24) is 9.80 Å². The molecular formula is C21H30N2O3. The second-order valence-electron chi connectivity index (χ2n) is 8.17. The van der Waals surface area contributed by atoms with Crippen LogP contribution in [0.1, 0.15) is 74.8 Å². The van der Waals surface area contributed by atoms with Crippen LogP contribution in [-0.4, -0.2) is 46.8 Å². The molecule has 5 nitrogen and oxygen atoms in total.